The Bertz CT molecular complexity index is 521. The highest BCUT2D eigenvalue weighted by Crippen LogP contribution is 2.00. The normalized spacial score (nSPS) is 10.2. The highest BCUT2D eigenvalue weighted by atomic mass is 19.1. The number of carbonyl (C=O) groups excluding carboxylic acids is 1. The molecule has 2 heterocycles. The van der Waals surface area contributed by atoms with Gasteiger partial charge < -0.3 is 5.32 Å². The van der Waals surface area contributed by atoms with E-state index < -0.39 is 5.95 Å². The maximum absolute atomic E-state index is 12.6. The van der Waals surface area contributed by atoms with Gasteiger partial charge in [0.05, 0.1) is 17.8 Å². The molecule has 0 unspecified atom stereocenters. The van der Waals surface area contributed by atoms with Gasteiger partial charge in [-0.1, -0.05) is 0 Å². The summed E-state index contributed by atoms with van der Waals surface area (Å²) >= 11 is 0. The van der Waals surface area contributed by atoms with Crippen LogP contribution in [0.2, 0.25) is 0 Å². The number of pyridine rings is 1. The first-order valence-electron chi connectivity index (χ1n) is 5.03. The first-order chi connectivity index (χ1) is 8.16. The lowest BCUT2D eigenvalue weighted by Gasteiger charge is -2.05. The molecular weight excluding hydrogens is 223 g/mol. The Kier molecular flexibility index (Phi) is 3.13. The highest BCUT2D eigenvalue weighted by molar-refractivity contribution is 5.93. The van der Waals surface area contributed by atoms with Crippen LogP contribution in [0.1, 0.15) is 16.1 Å². The Morgan fingerprint density at radius 3 is 2.88 bits per heavy atom. The number of halogens is 1. The van der Waals surface area contributed by atoms with Crippen LogP contribution in [0.4, 0.5) is 4.39 Å². The first kappa shape index (κ1) is 11.3. The summed E-state index contributed by atoms with van der Waals surface area (Å²) in [6.45, 7) is 0.368. The van der Waals surface area contributed by atoms with Crippen molar-refractivity contribution in [2.45, 2.75) is 6.54 Å². The van der Waals surface area contributed by atoms with Crippen LogP contribution in [0.15, 0.2) is 30.6 Å². The second-order valence-corrected chi connectivity index (χ2v) is 3.50. The van der Waals surface area contributed by atoms with Gasteiger partial charge in [0.2, 0.25) is 5.95 Å². The minimum Gasteiger partial charge on any atom is -0.346 e. The smallest absolute Gasteiger partial charge is 0.253 e. The number of aromatic nitrogens is 3. The Balaban J connectivity index is 1.98. The molecule has 0 aromatic carbocycles. The van der Waals surface area contributed by atoms with Gasteiger partial charge in [-0.3, -0.25) is 9.48 Å². The van der Waals surface area contributed by atoms with Crippen molar-refractivity contribution in [1.82, 2.24) is 20.1 Å². The van der Waals surface area contributed by atoms with Gasteiger partial charge in [-0.15, -0.1) is 0 Å². The summed E-state index contributed by atoms with van der Waals surface area (Å²) in [5.41, 5.74) is 1.21. The fourth-order valence-electron chi connectivity index (χ4n) is 1.36. The lowest BCUT2D eigenvalue weighted by Crippen LogP contribution is -2.24. The molecule has 0 bridgehead atoms. The van der Waals surface area contributed by atoms with Crippen LogP contribution >= 0.6 is 0 Å². The molecule has 0 aliphatic rings. The standard InChI is InChI=1S/C11H11FN4O/c1-16-9(4-5-15-16)7-14-11(17)8-2-3-10(12)13-6-8/h2-6H,7H2,1H3,(H,14,17). The van der Waals surface area contributed by atoms with Crippen LogP contribution in [0, 0.1) is 5.95 Å². The van der Waals surface area contributed by atoms with Crippen molar-refractivity contribution < 1.29 is 9.18 Å². The Morgan fingerprint density at radius 2 is 2.29 bits per heavy atom. The van der Waals surface area contributed by atoms with E-state index in [1.807, 2.05) is 6.07 Å². The number of carbonyl (C=O) groups is 1. The fraction of sp³-hybridized carbons (Fsp3) is 0.182. The SMILES string of the molecule is Cn1nccc1CNC(=O)c1ccc(F)nc1. The van der Waals surface area contributed by atoms with Crippen molar-refractivity contribution in [3.8, 4) is 0 Å². The van der Waals surface area contributed by atoms with Crippen molar-refractivity contribution in [1.29, 1.82) is 0 Å². The number of rotatable bonds is 3. The monoisotopic (exact) mass is 234 g/mol. The number of hydrogen-bond donors (Lipinski definition) is 1. The molecule has 0 aliphatic heterocycles. The topological polar surface area (TPSA) is 59.8 Å². The van der Waals surface area contributed by atoms with E-state index in [4.69, 9.17) is 0 Å². The summed E-state index contributed by atoms with van der Waals surface area (Å²) in [5, 5.41) is 6.68. The summed E-state index contributed by atoms with van der Waals surface area (Å²) < 4.78 is 14.2. The minimum atomic E-state index is -0.604. The van der Waals surface area contributed by atoms with Crippen molar-refractivity contribution in [3.05, 3.63) is 47.8 Å². The molecule has 0 aliphatic carbocycles. The van der Waals surface area contributed by atoms with Crippen LogP contribution in [-0.4, -0.2) is 20.7 Å². The third kappa shape index (κ3) is 2.66. The minimum absolute atomic E-state index is 0.293. The van der Waals surface area contributed by atoms with E-state index in [0.717, 1.165) is 11.8 Å². The zero-order valence-corrected chi connectivity index (χ0v) is 9.22. The third-order valence-electron chi connectivity index (χ3n) is 2.34. The van der Waals surface area contributed by atoms with Crippen LogP contribution in [0.5, 0.6) is 0 Å². The predicted octanol–water partition coefficient (Wildman–Crippen LogP) is 0.884. The zero-order chi connectivity index (χ0) is 12.3. The van der Waals surface area contributed by atoms with E-state index in [1.165, 1.54) is 12.3 Å². The quantitative estimate of drug-likeness (QED) is 0.802. The summed E-state index contributed by atoms with van der Waals surface area (Å²) in [7, 11) is 1.79. The van der Waals surface area contributed by atoms with Crippen molar-refractivity contribution in [3.63, 3.8) is 0 Å². The average molecular weight is 234 g/mol. The van der Waals surface area contributed by atoms with Crippen LogP contribution in [-0.2, 0) is 13.6 Å². The lowest BCUT2D eigenvalue weighted by molar-refractivity contribution is 0.0949. The van der Waals surface area contributed by atoms with Crippen molar-refractivity contribution in [2.24, 2.45) is 7.05 Å². The number of nitrogens with zero attached hydrogens (tertiary/aromatic N) is 3. The summed E-state index contributed by atoms with van der Waals surface area (Å²) in [6, 6.07) is 4.35. The number of aryl methyl sites for hydroxylation is 1. The average Bonchev–Trinajstić information content (AvgIpc) is 2.73. The van der Waals surface area contributed by atoms with E-state index >= 15 is 0 Å². The van der Waals surface area contributed by atoms with Gasteiger partial charge in [-0.25, -0.2) is 4.98 Å². The summed E-state index contributed by atoms with van der Waals surface area (Å²) in [4.78, 5) is 15.1. The molecule has 2 rings (SSSR count). The van der Waals surface area contributed by atoms with Gasteiger partial charge in [0.15, 0.2) is 0 Å². The van der Waals surface area contributed by atoms with Gasteiger partial charge in [-0.05, 0) is 18.2 Å². The van der Waals surface area contributed by atoms with E-state index in [9.17, 15) is 9.18 Å². The number of nitrogens with one attached hydrogen (secondary N) is 1. The molecular formula is C11H11FN4O. The Labute approximate surface area is 97.3 Å². The summed E-state index contributed by atoms with van der Waals surface area (Å²) in [5.74, 6) is -0.896. The van der Waals surface area contributed by atoms with Gasteiger partial charge >= 0.3 is 0 Å². The zero-order valence-electron chi connectivity index (χ0n) is 9.22. The van der Waals surface area contributed by atoms with E-state index in [0.29, 0.717) is 12.1 Å². The fourth-order valence-corrected chi connectivity index (χ4v) is 1.36. The van der Waals surface area contributed by atoms with Crippen LogP contribution < -0.4 is 5.32 Å². The molecule has 6 heteroatoms. The predicted molar refractivity (Wildman–Crippen MR) is 58.6 cm³/mol. The highest BCUT2D eigenvalue weighted by Gasteiger charge is 2.06. The Hall–Kier alpha value is -2.24. The van der Waals surface area contributed by atoms with Crippen molar-refractivity contribution in [2.75, 3.05) is 0 Å². The Morgan fingerprint density at radius 1 is 1.47 bits per heavy atom. The number of hydrogen-bond acceptors (Lipinski definition) is 3. The molecule has 0 spiro atoms. The van der Waals surface area contributed by atoms with Crippen LogP contribution in [0.25, 0.3) is 0 Å². The maximum atomic E-state index is 12.6. The second kappa shape index (κ2) is 4.73. The van der Waals surface area contributed by atoms with Crippen LogP contribution in [0.3, 0.4) is 0 Å². The molecule has 0 radical (unpaired) electrons. The molecule has 2 aromatic heterocycles. The van der Waals surface area contributed by atoms with E-state index in [-0.39, 0.29) is 5.91 Å². The molecule has 17 heavy (non-hydrogen) atoms. The third-order valence-corrected chi connectivity index (χ3v) is 2.34. The maximum Gasteiger partial charge on any atom is 0.253 e. The van der Waals surface area contributed by atoms with Crippen molar-refractivity contribution >= 4 is 5.91 Å². The largest absolute Gasteiger partial charge is 0.346 e. The van der Waals surface area contributed by atoms with E-state index in [1.54, 1.807) is 17.9 Å². The van der Waals surface area contributed by atoms with Gasteiger partial charge in [0, 0.05) is 19.4 Å². The van der Waals surface area contributed by atoms with E-state index in [2.05, 4.69) is 15.4 Å². The van der Waals surface area contributed by atoms with Gasteiger partial charge in [0.1, 0.15) is 0 Å². The molecule has 0 fully saturated rings. The first-order valence-corrected chi connectivity index (χ1v) is 5.03. The molecule has 1 N–H and O–H groups in total. The molecule has 1 amide bonds. The molecule has 0 saturated heterocycles. The molecule has 5 nitrogen and oxygen atoms in total. The molecule has 0 atom stereocenters. The second-order valence-electron chi connectivity index (χ2n) is 3.50. The summed E-state index contributed by atoms with van der Waals surface area (Å²) in [6.07, 6.45) is 2.86. The van der Waals surface area contributed by atoms with Gasteiger partial charge in [-0.2, -0.15) is 9.49 Å². The lowest BCUT2D eigenvalue weighted by atomic mass is 10.2. The van der Waals surface area contributed by atoms with Gasteiger partial charge in [0.25, 0.3) is 5.91 Å². The molecule has 88 valence electrons. The molecule has 2 aromatic rings. The number of amides is 1. The molecule has 0 saturated carbocycles.